The second-order valence-corrected chi connectivity index (χ2v) is 8.12. The number of thioether (sulfide) groups is 1. The van der Waals surface area contributed by atoms with E-state index in [-0.39, 0.29) is 0 Å². The Labute approximate surface area is 114 Å². The Bertz CT molecular complexity index is 516. The first-order valence-electron chi connectivity index (χ1n) is 5.94. The van der Waals surface area contributed by atoms with Gasteiger partial charge in [-0.05, 0) is 45.1 Å². The number of hydrogen-bond donors (Lipinski definition) is 1. The molecule has 1 aromatic rings. The smallest absolute Gasteiger partial charge is 0.207 e. The number of nitrogens with one attached hydrogen (secondary N) is 1. The Morgan fingerprint density at radius 2 is 1.89 bits per heavy atom. The van der Waals surface area contributed by atoms with Gasteiger partial charge < -0.3 is 0 Å². The van der Waals surface area contributed by atoms with Crippen LogP contribution in [0.15, 0.2) is 28.0 Å². The highest BCUT2D eigenvalue weighted by Gasteiger charge is 2.25. The number of sulfonamides is 1. The molecule has 102 valence electrons. The van der Waals surface area contributed by atoms with E-state index in [0.29, 0.717) is 4.90 Å². The zero-order valence-electron chi connectivity index (χ0n) is 11.6. The van der Waals surface area contributed by atoms with E-state index in [1.54, 1.807) is 11.8 Å². The molecular weight excluding hydrogens is 266 g/mol. The molecule has 0 aliphatic carbocycles. The van der Waals surface area contributed by atoms with Crippen molar-refractivity contribution in [2.75, 3.05) is 5.75 Å². The molecule has 0 bridgehead atoms. The minimum absolute atomic E-state index is 0.409. The summed E-state index contributed by atoms with van der Waals surface area (Å²) in [5.41, 5.74) is 0.306. The summed E-state index contributed by atoms with van der Waals surface area (Å²) in [6, 6.07) is 5.58. The minimum Gasteiger partial charge on any atom is -0.207 e. The third-order valence-electron chi connectivity index (χ3n) is 2.18. The summed E-state index contributed by atoms with van der Waals surface area (Å²) < 4.78 is 27.6. The molecule has 0 aliphatic heterocycles. The lowest BCUT2D eigenvalue weighted by molar-refractivity contribution is 0.490. The fourth-order valence-corrected chi connectivity index (χ4v) is 4.71. The summed E-state index contributed by atoms with van der Waals surface area (Å²) in [7, 11) is -3.47. The van der Waals surface area contributed by atoms with Crippen LogP contribution in [0.1, 0.15) is 33.3 Å². The summed E-state index contributed by atoms with van der Waals surface area (Å²) in [5.74, 6) is 0.849. The topological polar surface area (TPSA) is 46.2 Å². The van der Waals surface area contributed by atoms with E-state index in [1.165, 1.54) is 0 Å². The van der Waals surface area contributed by atoms with Crippen LogP contribution in [0.3, 0.4) is 0 Å². The zero-order chi connectivity index (χ0) is 14.0. The van der Waals surface area contributed by atoms with E-state index in [0.717, 1.165) is 16.2 Å². The molecule has 0 aliphatic rings. The van der Waals surface area contributed by atoms with Gasteiger partial charge in [0.1, 0.15) is 0 Å². The molecule has 0 amide bonds. The maximum Gasteiger partial charge on any atom is 0.242 e. The molecule has 0 saturated carbocycles. The van der Waals surface area contributed by atoms with Crippen molar-refractivity contribution in [3.63, 3.8) is 0 Å². The molecule has 1 aromatic carbocycles. The molecule has 0 fully saturated rings. The summed E-state index contributed by atoms with van der Waals surface area (Å²) in [6.07, 6.45) is 0. The average molecular weight is 287 g/mol. The van der Waals surface area contributed by atoms with E-state index < -0.39 is 15.6 Å². The van der Waals surface area contributed by atoms with Crippen LogP contribution in [0.5, 0.6) is 0 Å². The van der Waals surface area contributed by atoms with Gasteiger partial charge in [-0.2, -0.15) is 0 Å². The van der Waals surface area contributed by atoms with Crippen LogP contribution in [0.2, 0.25) is 0 Å². The van der Waals surface area contributed by atoms with Crippen LogP contribution in [0, 0.1) is 6.92 Å². The first-order chi connectivity index (χ1) is 8.17. The molecule has 0 saturated heterocycles. The lowest BCUT2D eigenvalue weighted by Crippen LogP contribution is -2.40. The second-order valence-electron chi connectivity index (χ2n) is 5.19. The Morgan fingerprint density at radius 1 is 1.28 bits per heavy atom. The van der Waals surface area contributed by atoms with E-state index in [4.69, 9.17) is 0 Å². The third-order valence-corrected chi connectivity index (χ3v) is 5.21. The monoisotopic (exact) mass is 287 g/mol. The van der Waals surface area contributed by atoms with Crippen molar-refractivity contribution in [3.8, 4) is 0 Å². The van der Waals surface area contributed by atoms with Crippen LogP contribution in [0.25, 0.3) is 0 Å². The van der Waals surface area contributed by atoms with E-state index in [2.05, 4.69) is 4.72 Å². The average Bonchev–Trinajstić information content (AvgIpc) is 2.13. The standard InChI is InChI=1S/C13H21NO2S2/c1-6-17-11-9-7-8-10(2)12(11)18(15,16)14-13(3,4)5/h7-9,14H,6H2,1-5H3. The maximum absolute atomic E-state index is 12.4. The molecule has 18 heavy (non-hydrogen) atoms. The van der Waals surface area contributed by atoms with Crippen molar-refractivity contribution in [1.29, 1.82) is 0 Å². The first-order valence-corrected chi connectivity index (χ1v) is 8.40. The largest absolute Gasteiger partial charge is 0.242 e. The maximum atomic E-state index is 12.4. The molecule has 0 aromatic heterocycles. The molecule has 0 heterocycles. The van der Waals surface area contributed by atoms with Gasteiger partial charge in [-0.3, -0.25) is 0 Å². The fraction of sp³-hybridized carbons (Fsp3) is 0.538. The lowest BCUT2D eigenvalue weighted by atomic mass is 10.1. The fourth-order valence-electron chi connectivity index (χ4n) is 1.69. The number of benzene rings is 1. The number of hydrogen-bond acceptors (Lipinski definition) is 3. The van der Waals surface area contributed by atoms with E-state index in [9.17, 15) is 8.42 Å². The minimum atomic E-state index is -3.47. The van der Waals surface area contributed by atoms with Gasteiger partial charge in [-0.25, -0.2) is 13.1 Å². The summed E-state index contributed by atoms with van der Waals surface area (Å²) in [4.78, 5) is 1.22. The quantitative estimate of drug-likeness (QED) is 0.865. The molecule has 1 rings (SSSR count). The molecule has 0 atom stereocenters. The summed E-state index contributed by atoms with van der Waals surface area (Å²) in [5, 5.41) is 0. The highest BCUT2D eigenvalue weighted by molar-refractivity contribution is 8.00. The summed E-state index contributed by atoms with van der Waals surface area (Å²) in [6.45, 7) is 9.37. The molecule has 0 unspecified atom stereocenters. The second kappa shape index (κ2) is 5.63. The van der Waals surface area contributed by atoms with Gasteiger partial charge in [0.05, 0.1) is 4.90 Å². The summed E-state index contributed by atoms with van der Waals surface area (Å²) >= 11 is 1.55. The lowest BCUT2D eigenvalue weighted by Gasteiger charge is -2.22. The van der Waals surface area contributed by atoms with Crippen molar-refractivity contribution in [2.24, 2.45) is 0 Å². The van der Waals surface area contributed by atoms with Crippen molar-refractivity contribution < 1.29 is 8.42 Å². The Kier molecular flexibility index (Phi) is 4.86. The van der Waals surface area contributed by atoms with Gasteiger partial charge >= 0.3 is 0 Å². The van der Waals surface area contributed by atoms with Crippen LogP contribution in [-0.2, 0) is 10.0 Å². The van der Waals surface area contributed by atoms with Crippen molar-refractivity contribution in [2.45, 2.75) is 49.9 Å². The molecule has 0 radical (unpaired) electrons. The van der Waals surface area contributed by atoms with Crippen molar-refractivity contribution >= 4 is 21.8 Å². The number of aryl methyl sites for hydroxylation is 1. The van der Waals surface area contributed by atoms with Gasteiger partial charge in [0.15, 0.2) is 0 Å². The first kappa shape index (κ1) is 15.5. The Hall–Kier alpha value is -0.520. The highest BCUT2D eigenvalue weighted by Crippen LogP contribution is 2.29. The van der Waals surface area contributed by atoms with Gasteiger partial charge in [0.2, 0.25) is 10.0 Å². The van der Waals surface area contributed by atoms with Crippen molar-refractivity contribution in [3.05, 3.63) is 23.8 Å². The van der Waals surface area contributed by atoms with Crippen LogP contribution in [0.4, 0.5) is 0 Å². The normalized spacial score (nSPS) is 12.7. The molecular formula is C13H21NO2S2. The molecule has 0 spiro atoms. The third kappa shape index (κ3) is 4.00. The van der Waals surface area contributed by atoms with E-state index >= 15 is 0 Å². The molecule has 3 nitrogen and oxygen atoms in total. The van der Waals surface area contributed by atoms with Gasteiger partial charge in [-0.1, -0.05) is 19.1 Å². The molecule has 1 N–H and O–H groups in total. The van der Waals surface area contributed by atoms with Crippen LogP contribution in [-0.4, -0.2) is 19.7 Å². The SMILES string of the molecule is CCSc1cccc(C)c1S(=O)(=O)NC(C)(C)C. The molecule has 5 heteroatoms. The van der Waals surface area contributed by atoms with Crippen molar-refractivity contribution in [1.82, 2.24) is 4.72 Å². The number of rotatable bonds is 4. The van der Waals surface area contributed by atoms with Crippen LogP contribution < -0.4 is 4.72 Å². The van der Waals surface area contributed by atoms with E-state index in [1.807, 2.05) is 52.8 Å². The van der Waals surface area contributed by atoms with Crippen LogP contribution >= 0.6 is 11.8 Å². The highest BCUT2D eigenvalue weighted by atomic mass is 32.2. The van der Waals surface area contributed by atoms with Gasteiger partial charge in [0, 0.05) is 10.4 Å². The Morgan fingerprint density at radius 3 is 2.39 bits per heavy atom. The predicted molar refractivity (Wildman–Crippen MR) is 77.7 cm³/mol. The van der Waals surface area contributed by atoms with Gasteiger partial charge in [0.25, 0.3) is 0 Å². The zero-order valence-corrected chi connectivity index (χ0v) is 13.2. The Balaban J connectivity index is 3.31. The predicted octanol–water partition coefficient (Wildman–Crippen LogP) is 3.18. The van der Waals surface area contributed by atoms with Gasteiger partial charge in [-0.15, -0.1) is 11.8 Å².